The van der Waals surface area contributed by atoms with E-state index in [4.69, 9.17) is 16.3 Å². The van der Waals surface area contributed by atoms with Crippen LogP contribution in [0.4, 0.5) is 5.69 Å². The lowest BCUT2D eigenvalue weighted by molar-refractivity contribution is -0.928. The zero-order valence-electron chi connectivity index (χ0n) is 13.1. The molecule has 0 aliphatic carbocycles. The van der Waals surface area contributed by atoms with Crippen molar-refractivity contribution < 1.29 is 14.4 Å². The molecule has 0 unspecified atom stereocenters. The third kappa shape index (κ3) is 4.19. The molecular formula is C16H24ClN2O2+. The van der Waals surface area contributed by atoms with Crippen LogP contribution < -0.4 is 10.2 Å². The van der Waals surface area contributed by atoms with Crippen LogP contribution in [0.5, 0.6) is 0 Å². The number of amides is 1. The molecule has 1 amide bonds. The van der Waals surface area contributed by atoms with Gasteiger partial charge in [-0.15, -0.1) is 0 Å². The van der Waals surface area contributed by atoms with Crippen LogP contribution in [-0.2, 0) is 9.53 Å². The lowest BCUT2D eigenvalue weighted by Crippen LogP contribution is -3.19. The fourth-order valence-electron chi connectivity index (χ4n) is 2.82. The van der Waals surface area contributed by atoms with Gasteiger partial charge in [-0.25, -0.2) is 0 Å². The molecule has 1 aromatic carbocycles. The topological polar surface area (TPSA) is 42.8 Å². The second-order valence-electron chi connectivity index (χ2n) is 5.99. The van der Waals surface area contributed by atoms with E-state index in [1.807, 2.05) is 26.0 Å². The Morgan fingerprint density at radius 2 is 2.00 bits per heavy atom. The molecule has 5 heteroatoms. The smallest absolute Gasteiger partial charge is 0.282 e. The quantitative estimate of drug-likeness (QED) is 0.892. The second kappa shape index (κ2) is 6.77. The number of halogens is 1. The number of hydrogen-bond acceptors (Lipinski definition) is 2. The maximum absolute atomic E-state index is 12.5. The summed E-state index contributed by atoms with van der Waals surface area (Å²) in [5, 5.41) is 3.62. The molecule has 2 N–H and O–H groups in total. The van der Waals surface area contributed by atoms with E-state index in [1.54, 1.807) is 6.07 Å². The molecule has 4 nitrogen and oxygen atoms in total. The van der Waals surface area contributed by atoms with E-state index >= 15 is 0 Å². The lowest BCUT2D eigenvalue weighted by Gasteiger charge is -2.35. The number of morpholine rings is 1. The summed E-state index contributed by atoms with van der Waals surface area (Å²) < 4.78 is 5.73. The number of quaternary nitrogens is 1. The standard InChI is InChI=1S/C16H23ClN2O2/c1-10-5-6-14(17)7-15(10)18-16(20)13(4)19-8-11(2)21-12(3)9-19/h5-7,11-13H,8-9H2,1-4H3,(H,18,20)/p+1/t11-,12-,13+/m1/s1. The normalized spacial score (nSPS) is 27.2. The molecule has 2 rings (SSSR count). The van der Waals surface area contributed by atoms with Crippen molar-refractivity contribution in [2.24, 2.45) is 0 Å². The van der Waals surface area contributed by atoms with Crippen molar-refractivity contribution in [1.29, 1.82) is 0 Å². The van der Waals surface area contributed by atoms with Gasteiger partial charge >= 0.3 is 0 Å². The SMILES string of the molecule is Cc1ccc(Cl)cc1NC(=O)[C@H](C)[NH+]1C[C@@H](C)O[C@H](C)C1. The molecule has 1 aromatic rings. The molecule has 3 atom stereocenters. The third-order valence-electron chi connectivity index (χ3n) is 4.03. The zero-order chi connectivity index (χ0) is 15.6. The van der Waals surface area contributed by atoms with Gasteiger partial charge in [0.1, 0.15) is 25.3 Å². The molecule has 1 heterocycles. The van der Waals surface area contributed by atoms with E-state index < -0.39 is 0 Å². The van der Waals surface area contributed by atoms with Gasteiger partial charge in [0.25, 0.3) is 5.91 Å². The molecule has 0 bridgehead atoms. The van der Waals surface area contributed by atoms with E-state index in [1.165, 1.54) is 4.90 Å². The van der Waals surface area contributed by atoms with Crippen LogP contribution >= 0.6 is 11.6 Å². The Bertz CT molecular complexity index is 511. The van der Waals surface area contributed by atoms with Crippen LogP contribution in [0.25, 0.3) is 0 Å². The van der Waals surface area contributed by atoms with Crippen molar-refractivity contribution in [2.45, 2.75) is 45.9 Å². The Kier molecular flexibility index (Phi) is 5.25. The number of carbonyl (C=O) groups is 1. The van der Waals surface area contributed by atoms with Crippen LogP contribution in [0.3, 0.4) is 0 Å². The molecule has 1 saturated heterocycles. The molecule has 0 aromatic heterocycles. The Morgan fingerprint density at radius 3 is 2.62 bits per heavy atom. The van der Waals surface area contributed by atoms with Gasteiger partial charge in [-0.05, 0) is 45.4 Å². The van der Waals surface area contributed by atoms with Crippen molar-refractivity contribution in [3.63, 3.8) is 0 Å². The number of anilines is 1. The van der Waals surface area contributed by atoms with Gasteiger partial charge in [0.15, 0.2) is 6.04 Å². The molecule has 1 fully saturated rings. The van der Waals surface area contributed by atoms with Crippen molar-refractivity contribution in [1.82, 2.24) is 0 Å². The summed E-state index contributed by atoms with van der Waals surface area (Å²) in [5.41, 5.74) is 1.80. The van der Waals surface area contributed by atoms with Crippen molar-refractivity contribution >= 4 is 23.2 Å². The maximum Gasteiger partial charge on any atom is 0.282 e. The van der Waals surface area contributed by atoms with Crippen LogP contribution in [-0.4, -0.2) is 37.2 Å². The van der Waals surface area contributed by atoms with Crippen LogP contribution in [0.15, 0.2) is 18.2 Å². The van der Waals surface area contributed by atoms with Gasteiger partial charge < -0.3 is 15.0 Å². The Hall–Kier alpha value is -1.10. The molecule has 0 radical (unpaired) electrons. The first-order valence-electron chi connectivity index (χ1n) is 7.44. The first-order valence-corrected chi connectivity index (χ1v) is 7.81. The summed E-state index contributed by atoms with van der Waals surface area (Å²) in [4.78, 5) is 13.7. The summed E-state index contributed by atoms with van der Waals surface area (Å²) in [5.74, 6) is 0.0247. The van der Waals surface area contributed by atoms with Gasteiger partial charge in [0, 0.05) is 10.7 Å². The fourth-order valence-corrected chi connectivity index (χ4v) is 3.00. The maximum atomic E-state index is 12.5. The molecular weight excluding hydrogens is 288 g/mol. The molecule has 116 valence electrons. The minimum atomic E-state index is -0.114. The van der Waals surface area contributed by atoms with E-state index in [0.717, 1.165) is 24.3 Å². The summed E-state index contributed by atoms with van der Waals surface area (Å²) in [6.07, 6.45) is 0.374. The summed E-state index contributed by atoms with van der Waals surface area (Å²) in [6, 6.07) is 5.42. The Balaban J connectivity index is 2.04. The average Bonchev–Trinajstić information content (AvgIpc) is 2.41. The van der Waals surface area contributed by atoms with Gasteiger partial charge in [-0.1, -0.05) is 17.7 Å². The fraction of sp³-hybridized carbons (Fsp3) is 0.562. The largest absolute Gasteiger partial charge is 0.364 e. The highest BCUT2D eigenvalue weighted by Crippen LogP contribution is 2.20. The summed E-state index contributed by atoms with van der Waals surface area (Å²) >= 11 is 5.99. The van der Waals surface area contributed by atoms with Crippen LogP contribution in [0.2, 0.25) is 5.02 Å². The molecule has 21 heavy (non-hydrogen) atoms. The number of hydrogen-bond donors (Lipinski definition) is 2. The minimum absolute atomic E-state index is 0.0247. The highest BCUT2D eigenvalue weighted by atomic mass is 35.5. The van der Waals surface area contributed by atoms with E-state index in [0.29, 0.717) is 5.02 Å². The first kappa shape index (κ1) is 16.3. The lowest BCUT2D eigenvalue weighted by atomic mass is 10.1. The van der Waals surface area contributed by atoms with E-state index in [9.17, 15) is 4.79 Å². The van der Waals surface area contributed by atoms with Crippen molar-refractivity contribution in [3.8, 4) is 0 Å². The monoisotopic (exact) mass is 311 g/mol. The Morgan fingerprint density at radius 1 is 1.38 bits per heavy atom. The second-order valence-corrected chi connectivity index (χ2v) is 6.43. The highest BCUT2D eigenvalue weighted by molar-refractivity contribution is 6.31. The number of nitrogens with one attached hydrogen (secondary N) is 2. The molecule has 0 saturated carbocycles. The van der Waals surface area contributed by atoms with Gasteiger partial charge in [-0.2, -0.15) is 0 Å². The zero-order valence-corrected chi connectivity index (χ0v) is 13.8. The predicted octanol–water partition coefficient (Wildman–Crippen LogP) is 1.67. The summed E-state index contributed by atoms with van der Waals surface area (Å²) in [6.45, 7) is 9.75. The number of carbonyl (C=O) groups excluding carboxylic acids is 1. The van der Waals surface area contributed by atoms with Crippen LogP contribution in [0, 0.1) is 6.92 Å². The minimum Gasteiger partial charge on any atom is -0.364 e. The van der Waals surface area contributed by atoms with Gasteiger partial charge in [-0.3, -0.25) is 4.79 Å². The number of aryl methyl sites for hydroxylation is 1. The van der Waals surface area contributed by atoms with E-state index in [2.05, 4.69) is 19.2 Å². The van der Waals surface area contributed by atoms with Crippen molar-refractivity contribution in [2.75, 3.05) is 18.4 Å². The molecule has 0 spiro atoms. The van der Waals surface area contributed by atoms with Gasteiger partial charge in [0.2, 0.25) is 0 Å². The summed E-state index contributed by atoms with van der Waals surface area (Å²) in [7, 11) is 0. The first-order chi connectivity index (χ1) is 9.86. The van der Waals surface area contributed by atoms with E-state index in [-0.39, 0.29) is 24.2 Å². The van der Waals surface area contributed by atoms with Gasteiger partial charge in [0.05, 0.1) is 0 Å². The molecule has 1 aliphatic heterocycles. The average molecular weight is 312 g/mol. The molecule has 1 aliphatic rings. The number of benzene rings is 1. The van der Waals surface area contributed by atoms with Crippen LogP contribution in [0.1, 0.15) is 26.3 Å². The number of ether oxygens (including phenoxy) is 1. The predicted molar refractivity (Wildman–Crippen MR) is 85.0 cm³/mol. The third-order valence-corrected chi connectivity index (χ3v) is 4.26. The highest BCUT2D eigenvalue weighted by Gasteiger charge is 2.33. The number of rotatable bonds is 3. The Labute approximate surface area is 131 Å². The van der Waals surface area contributed by atoms with Crippen molar-refractivity contribution in [3.05, 3.63) is 28.8 Å².